The van der Waals surface area contributed by atoms with E-state index in [0.717, 1.165) is 19.3 Å². The van der Waals surface area contributed by atoms with E-state index in [4.69, 9.17) is 5.11 Å². The molecule has 1 fully saturated rings. The number of nitrogens with zero attached hydrogens (tertiary/aromatic N) is 1. The Hall–Kier alpha value is -2.00. The van der Waals surface area contributed by atoms with Crippen molar-refractivity contribution in [1.29, 1.82) is 0 Å². The van der Waals surface area contributed by atoms with Crippen LogP contribution in [-0.4, -0.2) is 49.2 Å². The fourth-order valence-electron chi connectivity index (χ4n) is 2.08. The van der Waals surface area contributed by atoms with Gasteiger partial charge in [-0.2, -0.15) is 0 Å². The SMILES string of the molecule is O=C(O)c1cccc(C(=O)NCCS(=O)(=O)NCC2CCC2)n1. The normalized spacial score (nSPS) is 15.0. The van der Waals surface area contributed by atoms with Gasteiger partial charge >= 0.3 is 5.97 Å². The van der Waals surface area contributed by atoms with E-state index in [2.05, 4.69) is 15.0 Å². The minimum atomic E-state index is -3.43. The van der Waals surface area contributed by atoms with Crippen molar-refractivity contribution in [3.63, 3.8) is 0 Å². The number of aromatic nitrogens is 1. The maximum Gasteiger partial charge on any atom is 0.354 e. The highest BCUT2D eigenvalue weighted by molar-refractivity contribution is 7.89. The van der Waals surface area contributed by atoms with Crippen molar-refractivity contribution in [3.05, 3.63) is 29.6 Å². The zero-order valence-corrected chi connectivity index (χ0v) is 13.3. The Morgan fingerprint density at radius 1 is 1.26 bits per heavy atom. The number of sulfonamides is 1. The van der Waals surface area contributed by atoms with Crippen molar-refractivity contribution in [2.75, 3.05) is 18.8 Å². The summed E-state index contributed by atoms with van der Waals surface area (Å²) in [5.41, 5.74) is -0.308. The molecule has 1 saturated carbocycles. The van der Waals surface area contributed by atoms with Gasteiger partial charge in [0.1, 0.15) is 11.4 Å². The minimum absolute atomic E-state index is 0.0651. The number of hydrogen-bond acceptors (Lipinski definition) is 5. The highest BCUT2D eigenvalue weighted by atomic mass is 32.2. The third-order valence-corrected chi connectivity index (χ3v) is 5.02. The number of carboxylic acid groups (broad SMARTS) is 1. The molecular weight excluding hydrogens is 322 g/mol. The van der Waals surface area contributed by atoms with Gasteiger partial charge in [-0.25, -0.2) is 22.9 Å². The Labute approximate surface area is 134 Å². The first-order chi connectivity index (χ1) is 10.9. The number of rotatable bonds is 8. The van der Waals surface area contributed by atoms with Crippen molar-refractivity contribution in [3.8, 4) is 0 Å². The molecule has 9 heteroatoms. The van der Waals surface area contributed by atoms with E-state index < -0.39 is 21.9 Å². The summed E-state index contributed by atoms with van der Waals surface area (Å²) in [6.07, 6.45) is 3.24. The van der Waals surface area contributed by atoms with Crippen LogP contribution in [0.25, 0.3) is 0 Å². The molecule has 0 aromatic carbocycles. The van der Waals surface area contributed by atoms with Crippen LogP contribution < -0.4 is 10.0 Å². The van der Waals surface area contributed by atoms with Crippen molar-refractivity contribution in [2.45, 2.75) is 19.3 Å². The molecule has 23 heavy (non-hydrogen) atoms. The van der Waals surface area contributed by atoms with Crippen LogP contribution in [0.4, 0.5) is 0 Å². The van der Waals surface area contributed by atoms with Gasteiger partial charge in [0.2, 0.25) is 10.0 Å². The largest absolute Gasteiger partial charge is 0.477 e. The topological polar surface area (TPSA) is 125 Å². The summed E-state index contributed by atoms with van der Waals surface area (Å²) < 4.78 is 26.1. The molecule has 8 nitrogen and oxygen atoms in total. The van der Waals surface area contributed by atoms with Gasteiger partial charge in [0.25, 0.3) is 5.91 Å². The third-order valence-electron chi connectivity index (χ3n) is 3.67. The summed E-state index contributed by atoms with van der Waals surface area (Å²) >= 11 is 0. The average molecular weight is 341 g/mol. The van der Waals surface area contributed by atoms with Crippen LogP contribution >= 0.6 is 0 Å². The van der Waals surface area contributed by atoms with Gasteiger partial charge in [-0.15, -0.1) is 0 Å². The molecule has 0 atom stereocenters. The number of pyridine rings is 1. The standard InChI is InChI=1S/C14H19N3O5S/c18-13(11-5-2-6-12(17-11)14(19)20)15-7-8-23(21,22)16-9-10-3-1-4-10/h2,5-6,10,16H,1,3-4,7-9H2,(H,15,18)(H,19,20). The minimum Gasteiger partial charge on any atom is -0.477 e. The summed E-state index contributed by atoms with van der Waals surface area (Å²) in [4.78, 5) is 26.3. The predicted molar refractivity (Wildman–Crippen MR) is 82.7 cm³/mol. The van der Waals surface area contributed by atoms with Crippen LogP contribution in [-0.2, 0) is 10.0 Å². The lowest BCUT2D eigenvalue weighted by atomic mass is 9.86. The maximum atomic E-state index is 11.8. The summed E-state index contributed by atoms with van der Waals surface area (Å²) in [5.74, 6) is -1.66. The monoisotopic (exact) mass is 341 g/mol. The second kappa shape index (κ2) is 7.51. The van der Waals surface area contributed by atoms with Crippen molar-refractivity contribution < 1.29 is 23.1 Å². The van der Waals surface area contributed by atoms with E-state index in [9.17, 15) is 18.0 Å². The lowest BCUT2D eigenvalue weighted by Crippen LogP contribution is -2.37. The van der Waals surface area contributed by atoms with Gasteiger partial charge in [0.05, 0.1) is 5.75 Å². The van der Waals surface area contributed by atoms with Crippen LogP contribution in [0.15, 0.2) is 18.2 Å². The smallest absolute Gasteiger partial charge is 0.354 e. The van der Waals surface area contributed by atoms with Crippen LogP contribution in [0.5, 0.6) is 0 Å². The van der Waals surface area contributed by atoms with Gasteiger partial charge in [0, 0.05) is 13.1 Å². The van der Waals surface area contributed by atoms with Gasteiger partial charge < -0.3 is 10.4 Å². The molecule has 1 amide bonds. The third kappa shape index (κ3) is 5.29. The number of aromatic carboxylic acids is 1. The summed E-state index contributed by atoms with van der Waals surface area (Å²) in [7, 11) is -3.43. The Balaban J connectivity index is 1.79. The van der Waals surface area contributed by atoms with Crippen LogP contribution in [0.1, 0.15) is 40.2 Å². The number of hydrogen-bond donors (Lipinski definition) is 3. The van der Waals surface area contributed by atoms with E-state index in [-0.39, 0.29) is 23.7 Å². The predicted octanol–water partition coefficient (Wildman–Crippen LogP) is 0.229. The second-order valence-corrected chi connectivity index (χ2v) is 7.36. The molecule has 0 spiro atoms. The average Bonchev–Trinajstić information content (AvgIpc) is 2.45. The van der Waals surface area contributed by atoms with Crippen molar-refractivity contribution in [2.24, 2.45) is 5.92 Å². The Morgan fingerprint density at radius 3 is 2.57 bits per heavy atom. The zero-order valence-electron chi connectivity index (χ0n) is 12.5. The molecule has 1 aliphatic rings. The van der Waals surface area contributed by atoms with E-state index in [1.54, 1.807) is 0 Å². The first kappa shape index (κ1) is 17.4. The molecule has 1 heterocycles. The van der Waals surface area contributed by atoms with Crippen molar-refractivity contribution >= 4 is 21.9 Å². The zero-order chi connectivity index (χ0) is 16.9. The van der Waals surface area contributed by atoms with Gasteiger partial charge in [-0.05, 0) is 30.9 Å². The highest BCUT2D eigenvalue weighted by Crippen LogP contribution is 2.25. The molecule has 0 bridgehead atoms. The van der Waals surface area contributed by atoms with Gasteiger partial charge in [-0.3, -0.25) is 4.79 Å². The summed E-state index contributed by atoms with van der Waals surface area (Å²) in [5, 5.41) is 11.2. The number of amides is 1. The molecule has 0 aliphatic heterocycles. The number of carbonyl (C=O) groups excluding carboxylic acids is 1. The molecule has 0 unspecified atom stereocenters. The first-order valence-corrected chi connectivity index (χ1v) is 8.98. The van der Waals surface area contributed by atoms with Gasteiger partial charge in [-0.1, -0.05) is 12.5 Å². The quantitative estimate of drug-likeness (QED) is 0.621. The maximum absolute atomic E-state index is 11.8. The molecule has 1 aromatic heterocycles. The Morgan fingerprint density at radius 2 is 1.96 bits per heavy atom. The lowest BCUT2D eigenvalue weighted by molar-refractivity contribution is 0.0690. The molecule has 2 rings (SSSR count). The molecule has 1 aromatic rings. The molecule has 126 valence electrons. The number of nitrogens with one attached hydrogen (secondary N) is 2. The van der Waals surface area contributed by atoms with E-state index in [1.165, 1.54) is 18.2 Å². The Kier molecular flexibility index (Phi) is 5.67. The Bertz CT molecular complexity index is 685. The molecule has 0 saturated heterocycles. The molecular formula is C14H19N3O5S. The summed E-state index contributed by atoms with van der Waals surface area (Å²) in [6.45, 7) is 0.371. The van der Waals surface area contributed by atoms with E-state index >= 15 is 0 Å². The molecule has 1 aliphatic carbocycles. The van der Waals surface area contributed by atoms with Crippen molar-refractivity contribution in [1.82, 2.24) is 15.0 Å². The van der Waals surface area contributed by atoms with Crippen LogP contribution in [0.2, 0.25) is 0 Å². The summed E-state index contributed by atoms with van der Waals surface area (Å²) in [6, 6.07) is 4.04. The van der Waals surface area contributed by atoms with Crippen LogP contribution in [0, 0.1) is 5.92 Å². The fourth-order valence-corrected chi connectivity index (χ4v) is 3.09. The highest BCUT2D eigenvalue weighted by Gasteiger charge is 2.20. The fraction of sp³-hybridized carbons (Fsp3) is 0.500. The van der Waals surface area contributed by atoms with Crippen LogP contribution in [0.3, 0.4) is 0 Å². The second-order valence-electron chi connectivity index (χ2n) is 5.43. The van der Waals surface area contributed by atoms with Gasteiger partial charge in [0.15, 0.2) is 0 Å². The number of carboxylic acids is 1. The molecule has 0 radical (unpaired) electrons. The lowest BCUT2D eigenvalue weighted by Gasteiger charge is -2.25. The first-order valence-electron chi connectivity index (χ1n) is 7.33. The number of carbonyl (C=O) groups is 2. The molecule has 3 N–H and O–H groups in total. The van der Waals surface area contributed by atoms with E-state index in [1.807, 2.05) is 0 Å². The van der Waals surface area contributed by atoms with E-state index in [0.29, 0.717) is 12.5 Å².